The lowest BCUT2D eigenvalue weighted by Crippen LogP contribution is -2.48. The molecule has 3 saturated heterocycles. The van der Waals surface area contributed by atoms with Crippen LogP contribution < -0.4 is 4.90 Å². The molecular weight excluding hydrogens is 326 g/mol. The molecule has 1 aliphatic carbocycles. The number of rotatable bonds is 3. The van der Waals surface area contributed by atoms with E-state index in [4.69, 9.17) is 0 Å². The number of carbonyl (C=O) groups excluding carboxylic acids is 2. The van der Waals surface area contributed by atoms with Gasteiger partial charge in [0.25, 0.3) is 5.91 Å². The van der Waals surface area contributed by atoms with Crippen LogP contribution >= 0.6 is 0 Å². The highest BCUT2D eigenvalue weighted by Gasteiger charge is 2.40. The standard InChI is InChI=1S/C21H29N3O2/c1-22(2)18-10-7-17(8-11-18)21(26)24-13-15-6-9-19(24)14-23(12-15)20(25)16-4-3-5-16/h7-8,10-11,15-16,19H,3-6,9,12-14H2,1-2H3/t15-,19+/m0/s1. The molecule has 4 fully saturated rings. The lowest BCUT2D eigenvalue weighted by molar-refractivity contribution is -0.138. The fourth-order valence-electron chi connectivity index (χ4n) is 4.49. The van der Waals surface area contributed by atoms with Gasteiger partial charge < -0.3 is 14.7 Å². The zero-order valence-electron chi connectivity index (χ0n) is 15.9. The lowest BCUT2D eigenvalue weighted by atomic mass is 9.84. The van der Waals surface area contributed by atoms with Crippen molar-refractivity contribution in [3.8, 4) is 0 Å². The zero-order chi connectivity index (χ0) is 18.3. The number of amides is 2. The number of fused-ring (bicyclic) bond motifs is 4. The van der Waals surface area contributed by atoms with Gasteiger partial charge in [0.15, 0.2) is 0 Å². The van der Waals surface area contributed by atoms with Crippen molar-refractivity contribution in [1.29, 1.82) is 0 Å². The molecule has 5 rings (SSSR count). The lowest BCUT2D eigenvalue weighted by Gasteiger charge is -2.36. The summed E-state index contributed by atoms with van der Waals surface area (Å²) >= 11 is 0. The Morgan fingerprint density at radius 3 is 2.31 bits per heavy atom. The van der Waals surface area contributed by atoms with Crippen LogP contribution in [0.1, 0.15) is 42.5 Å². The van der Waals surface area contributed by atoms with E-state index < -0.39 is 0 Å². The van der Waals surface area contributed by atoms with Crippen molar-refractivity contribution in [3.63, 3.8) is 0 Å². The van der Waals surface area contributed by atoms with Crippen molar-refractivity contribution in [1.82, 2.24) is 9.80 Å². The van der Waals surface area contributed by atoms with Crippen molar-refractivity contribution in [2.24, 2.45) is 11.8 Å². The van der Waals surface area contributed by atoms with Crippen LogP contribution in [0.3, 0.4) is 0 Å². The number of hydrogen-bond donors (Lipinski definition) is 0. The second-order valence-electron chi connectivity index (χ2n) is 8.37. The van der Waals surface area contributed by atoms with E-state index in [9.17, 15) is 9.59 Å². The highest BCUT2D eigenvalue weighted by molar-refractivity contribution is 5.95. The van der Waals surface area contributed by atoms with Crippen molar-refractivity contribution < 1.29 is 9.59 Å². The van der Waals surface area contributed by atoms with E-state index in [-0.39, 0.29) is 17.9 Å². The van der Waals surface area contributed by atoms with Gasteiger partial charge in [-0.05, 0) is 55.9 Å². The molecule has 5 heteroatoms. The summed E-state index contributed by atoms with van der Waals surface area (Å²) in [6.07, 6.45) is 5.42. The van der Waals surface area contributed by atoms with E-state index >= 15 is 0 Å². The molecule has 0 N–H and O–H groups in total. The van der Waals surface area contributed by atoms with Crippen LogP contribution in [0, 0.1) is 11.8 Å². The highest BCUT2D eigenvalue weighted by Crippen LogP contribution is 2.33. The van der Waals surface area contributed by atoms with Gasteiger partial charge in [0, 0.05) is 56.9 Å². The maximum Gasteiger partial charge on any atom is 0.254 e. The number of anilines is 1. The van der Waals surface area contributed by atoms with Crippen LogP contribution in [0.2, 0.25) is 0 Å². The Morgan fingerprint density at radius 2 is 1.69 bits per heavy atom. The van der Waals surface area contributed by atoms with E-state index in [0.717, 1.165) is 50.0 Å². The minimum atomic E-state index is 0.114. The van der Waals surface area contributed by atoms with Crippen LogP contribution in [0.5, 0.6) is 0 Å². The quantitative estimate of drug-likeness (QED) is 0.837. The summed E-state index contributed by atoms with van der Waals surface area (Å²) in [6, 6.07) is 8.01. The molecule has 3 aliphatic heterocycles. The molecule has 26 heavy (non-hydrogen) atoms. The van der Waals surface area contributed by atoms with Gasteiger partial charge in [0.05, 0.1) is 0 Å². The molecule has 0 radical (unpaired) electrons. The van der Waals surface area contributed by atoms with Crippen molar-refractivity contribution >= 4 is 17.5 Å². The first-order valence-corrected chi connectivity index (χ1v) is 9.90. The second kappa shape index (κ2) is 6.93. The fraction of sp³-hybridized carbons (Fsp3) is 0.619. The van der Waals surface area contributed by atoms with Crippen LogP contribution in [-0.4, -0.2) is 61.4 Å². The van der Waals surface area contributed by atoms with Gasteiger partial charge in [-0.15, -0.1) is 0 Å². The Labute approximate surface area is 155 Å². The van der Waals surface area contributed by atoms with E-state index in [2.05, 4.69) is 4.90 Å². The van der Waals surface area contributed by atoms with Crippen molar-refractivity contribution in [2.45, 2.75) is 38.1 Å². The third-order valence-corrected chi connectivity index (χ3v) is 6.37. The monoisotopic (exact) mass is 355 g/mol. The predicted molar refractivity (Wildman–Crippen MR) is 102 cm³/mol. The molecule has 0 aromatic heterocycles. The van der Waals surface area contributed by atoms with Gasteiger partial charge >= 0.3 is 0 Å². The molecule has 0 unspecified atom stereocenters. The highest BCUT2D eigenvalue weighted by atomic mass is 16.2. The van der Waals surface area contributed by atoms with Gasteiger partial charge in [-0.25, -0.2) is 0 Å². The number of benzene rings is 1. The molecule has 1 aromatic carbocycles. The van der Waals surface area contributed by atoms with Crippen LogP contribution in [0.4, 0.5) is 5.69 Å². The summed E-state index contributed by atoms with van der Waals surface area (Å²) < 4.78 is 0. The smallest absolute Gasteiger partial charge is 0.254 e. The van der Waals surface area contributed by atoms with Gasteiger partial charge in [0.1, 0.15) is 0 Å². The van der Waals surface area contributed by atoms with Gasteiger partial charge in [0.2, 0.25) is 5.91 Å². The summed E-state index contributed by atoms with van der Waals surface area (Å²) in [4.78, 5) is 32.0. The van der Waals surface area contributed by atoms with Gasteiger partial charge in [-0.1, -0.05) is 6.42 Å². The minimum absolute atomic E-state index is 0.114. The van der Waals surface area contributed by atoms with E-state index in [1.165, 1.54) is 6.42 Å². The molecule has 140 valence electrons. The minimum Gasteiger partial charge on any atom is -0.378 e. The predicted octanol–water partition coefficient (Wildman–Crippen LogP) is 2.62. The average molecular weight is 355 g/mol. The summed E-state index contributed by atoms with van der Waals surface area (Å²) in [5, 5.41) is 0. The summed E-state index contributed by atoms with van der Waals surface area (Å²) in [5.74, 6) is 1.11. The number of hydrogen-bond acceptors (Lipinski definition) is 3. The molecule has 2 bridgehead atoms. The average Bonchev–Trinajstić information content (AvgIpc) is 2.91. The Kier molecular flexibility index (Phi) is 4.63. The molecular formula is C21H29N3O2. The van der Waals surface area contributed by atoms with Crippen LogP contribution in [0.15, 0.2) is 24.3 Å². The second-order valence-corrected chi connectivity index (χ2v) is 8.37. The Balaban J connectivity index is 1.49. The third-order valence-electron chi connectivity index (χ3n) is 6.37. The van der Waals surface area contributed by atoms with Gasteiger partial charge in [-0.3, -0.25) is 9.59 Å². The Bertz CT molecular complexity index is 681. The number of piperidine rings is 1. The first-order chi connectivity index (χ1) is 12.5. The maximum atomic E-state index is 13.1. The Hall–Kier alpha value is -2.04. The third kappa shape index (κ3) is 3.19. The largest absolute Gasteiger partial charge is 0.378 e. The normalized spacial score (nSPS) is 25.6. The van der Waals surface area contributed by atoms with E-state index in [1.54, 1.807) is 0 Å². The number of nitrogens with zero attached hydrogens (tertiary/aromatic N) is 3. The molecule has 5 nitrogen and oxygen atoms in total. The van der Waals surface area contributed by atoms with Crippen molar-refractivity contribution in [3.05, 3.63) is 29.8 Å². The molecule has 2 amide bonds. The molecule has 3 heterocycles. The first kappa shape index (κ1) is 17.4. The van der Waals surface area contributed by atoms with E-state index in [1.807, 2.05) is 48.2 Å². The first-order valence-electron chi connectivity index (χ1n) is 9.90. The molecule has 0 spiro atoms. The summed E-state index contributed by atoms with van der Waals surface area (Å²) in [5.41, 5.74) is 1.84. The Morgan fingerprint density at radius 1 is 0.962 bits per heavy atom. The SMILES string of the molecule is CN(C)c1ccc(C(=O)N2C[C@H]3CC[C@@H]2CN(C(=O)C2CCC2)C3)cc1. The van der Waals surface area contributed by atoms with Crippen LogP contribution in [0.25, 0.3) is 0 Å². The molecule has 2 atom stereocenters. The van der Waals surface area contributed by atoms with E-state index in [0.29, 0.717) is 18.4 Å². The molecule has 1 saturated carbocycles. The molecule has 4 aliphatic rings. The fourth-order valence-corrected chi connectivity index (χ4v) is 4.49. The zero-order valence-corrected chi connectivity index (χ0v) is 15.9. The van der Waals surface area contributed by atoms with Gasteiger partial charge in [-0.2, -0.15) is 0 Å². The summed E-state index contributed by atoms with van der Waals surface area (Å²) in [7, 11) is 4.00. The number of carbonyl (C=O) groups is 2. The van der Waals surface area contributed by atoms with Crippen molar-refractivity contribution in [2.75, 3.05) is 38.6 Å². The topological polar surface area (TPSA) is 43.9 Å². The summed E-state index contributed by atoms with van der Waals surface area (Å²) in [6.45, 7) is 2.33. The molecule has 1 aromatic rings. The maximum absolute atomic E-state index is 13.1. The van der Waals surface area contributed by atoms with Crippen LogP contribution in [-0.2, 0) is 4.79 Å².